The number of morpholine rings is 1. The topological polar surface area (TPSA) is 21.7 Å². The van der Waals surface area contributed by atoms with E-state index in [9.17, 15) is 0 Å². The van der Waals surface area contributed by atoms with Crippen molar-refractivity contribution >= 4 is 0 Å². The third-order valence-corrected chi connectivity index (χ3v) is 3.64. The highest BCUT2D eigenvalue weighted by atomic mass is 16.5. The lowest BCUT2D eigenvalue weighted by molar-refractivity contribution is -0.0643. The molecule has 2 aliphatic rings. The molecule has 0 spiro atoms. The number of hydrogen-bond acceptors (Lipinski definition) is 3. The first kappa shape index (κ1) is 11.4. The van der Waals surface area contributed by atoms with E-state index in [0.717, 1.165) is 38.9 Å². The van der Waals surface area contributed by atoms with Crippen LogP contribution in [0.4, 0.5) is 0 Å². The molecule has 0 aliphatic carbocycles. The summed E-state index contributed by atoms with van der Waals surface area (Å²) in [5.41, 5.74) is 0.219. The molecule has 0 amide bonds. The Morgan fingerprint density at radius 3 is 2.53 bits per heavy atom. The minimum atomic E-state index is 0.219. The van der Waals surface area contributed by atoms with Crippen LogP contribution in [0.5, 0.6) is 0 Å². The highest BCUT2D eigenvalue weighted by Crippen LogP contribution is 2.23. The molecule has 88 valence electrons. The van der Waals surface area contributed by atoms with Gasteiger partial charge in [0.05, 0.1) is 13.2 Å². The Balaban J connectivity index is 1.85. The van der Waals surface area contributed by atoms with Crippen LogP contribution in [0.3, 0.4) is 0 Å². The van der Waals surface area contributed by atoms with E-state index in [0.29, 0.717) is 0 Å². The SMILES string of the molecule is CC1(C)COCCN1CC1CCOCC1. The summed E-state index contributed by atoms with van der Waals surface area (Å²) in [4.78, 5) is 2.59. The van der Waals surface area contributed by atoms with E-state index < -0.39 is 0 Å². The van der Waals surface area contributed by atoms with Crippen LogP contribution in [0.2, 0.25) is 0 Å². The molecule has 0 radical (unpaired) electrons. The minimum absolute atomic E-state index is 0.219. The minimum Gasteiger partial charge on any atom is -0.381 e. The van der Waals surface area contributed by atoms with Gasteiger partial charge in [-0.25, -0.2) is 0 Å². The molecule has 15 heavy (non-hydrogen) atoms. The fraction of sp³-hybridized carbons (Fsp3) is 1.00. The molecule has 2 fully saturated rings. The summed E-state index contributed by atoms with van der Waals surface area (Å²) < 4.78 is 10.9. The molecule has 0 N–H and O–H groups in total. The maximum atomic E-state index is 5.54. The summed E-state index contributed by atoms with van der Waals surface area (Å²) in [5, 5.41) is 0. The van der Waals surface area contributed by atoms with Crippen LogP contribution in [0.15, 0.2) is 0 Å². The third kappa shape index (κ3) is 2.92. The average molecular weight is 213 g/mol. The molecule has 0 aromatic rings. The largest absolute Gasteiger partial charge is 0.381 e. The van der Waals surface area contributed by atoms with E-state index in [1.54, 1.807) is 0 Å². The highest BCUT2D eigenvalue weighted by Gasteiger charge is 2.32. The van der Waals surface area contributed by atoms with Crippen LogP contribution in [-0.4, -0.2) is 50.0 Å². The van der Waals surface area contributed by atoms with Crippen LogP contribution in [0, 0.1) is 5.92 Å². The molecule has 0 saturated carbocycles. The fourth-order valence-corrected chi connectivity index (χ4v) is 2.47. The molecule has 0 aromatic carbocycles. The summed E-state index contributed by atoms with van der Waals surface area (Å²) in [6, 6.07) is 0. The van der Waals surface area contributed by atoms with E-state index >= 15 is 0 Å². The van der Waals surface area contributed by atoms with Crippen molar-refractivity contribution in [3.63, 3.8) is 0 Å². The number of rotatable bonds is 2. The summed E-state index contributed by atoms with van der Waals surface area (Å²) in [6.07, 6.45) is 2.46. The first-order chi connectivity index (χ1) is 7.18. The average Bonchev–Trinajstić information content (AvgIpc) is 2.23. The molecule has 2 rings (SSSR count). The van der Waals surface area contributed by atoms with E-state index in [1.807, 2.05) is 0 Å². The lowest BCUT2D eigenvalue weighted by Crippen LogP contribution is -2.54. The van der Waals surface area contributed by atoms with Crippen LogP contribution in [0.1, 0.15) is 26.7 Å². The molecule has 2 aliphatic heterocycles. The number of nitrogens with zero attached hydrogens (tertiary/aromatic N) is 1. The molecule has 3 nitrogen and oxygen atoms in total. The second kappa shape index (κ2) is 4.81. The quantitative estimate of drug-likeness (QED) is 0.694. The maximum absolute atomic E-state index is 5.54. The zero-order valence-electron chi connectivity index (χ0n) is 10.00. The standard InChI is InChI=1S/C12H23NO2/c1-12(2)10-15-8-5-13(12)9-11-3-6-14-7-4-11/h11H,3-10H2,1-2H3. The van der Waals surface area contributed by atoms with Crippen molar-refractivity contribution in [3.8, 4) is 0 Å². The third-order valence-electron chi connectivity index (χ3n) is 3.64. The Bertz CT molecular complexity index is 200. The lowest BCUT2D eigenvalue weighted by atomic mass is 9.95. The van der Waals surface area contributed by atoms with Crippen molar-refractivity contribution in [2.75, 3.05) is 39.5 Å². The Hall–Kier alpha value is -0.120. The van der Waals surface area contributed by atoms with Crippen LogP contribution in [0.25, 0.3) is 0 Å². The maximum Gasteiger partial charge on any atom is 0.0645 e. The molecule has 0 bridgehead atoms. The smallest absolute Gasteiger partial charge is 0.0645 e. The van der Waals surface area contributed by atoms with Gasteiger partial charge in [0.2, 0.25) is 0 Å². The second-order valence-corrected chi connectivity index (χ2v) is 5.37. The fourth-order valence-electron chi connectivity index (χ4n) is 2.47. The summed E-state index contributed by atoms with van der Waals surface area (Å²) in [7, 11) is 0. The van der Waals surface area contributed by atoms with Gasteiger partial charge < -0.3 is 9.47 Å². The van der Waals surface area contributed by atoms with E-state index in [2.05, 4.69) is 18.7 Å². The second-order valence-electron chi connectivity index (χ2n) is 5.37. The van der Waals surface area contributed by atoms with Gasteiger partial charge in [-0.05, 0) is 32.6 Å². The summed E-state index contributed by atoms with van der Waals surface area (Å²) >= 11 is 0. The number of ether oxygens (including phenoxy) is 2. The van der Waals surface area contributed by atoms with Gasteiger partial charge >= 0.3 is 0 Å². The highest BCUT2D eigenvalue weighted by molar-refractivity contribution is 4.86. The Morgan fingerprint density at radius 1 is 1.13 bits per heavy atom. The van der Waals surface area contributed by atoms with Crippen molar-refractivity contribution in [3.05, 3.63) is 0 Å². The first-order valence-corrected chi connectivity index (χ1v) is 6.09. The molecule has 0 unspecified atom stereocenters. The summed E-state index contributed by atoms with van der Waals surface area (Å²) in [6.45, 7) is 10.6. The van der Waals surface area contributed by atoms with E-state index in [4.69, 9.17) is 9.47 Å². The zero-order valence-corrected chi connectivity index (χ0v) is 10.00. The van der Waals surface area contributed by atoms with Gasteiger partial charge in [-0.15, -0.1) is 0 Å². The van der Waals surface area contributed by atoms with Crippen molar-refractivity contribution in [2.24, 2.45) is 5.92 Å². The van der Waals surface area contributed by atoms with Crippen molar-refractivity contribution in [1.29, 1.82) is 0 Å². The van der Waals surface area contributed by atoms with Gasteiger partial charge in [0, 0.05) is 31.8 Å². The predicted octanol–water partition coefficient (Wildman–Crippen LogP) is 1.52. The normalized spacial score (nSPS) is 29.2. The molecule has 2 saturated heterocycles. The molecular weight excluding hydrogens is 190 g/mol. The van der Waals surface area contributed by atoms with E-state index in [-0.39, 0.29) is 5.54 Å². The van der Waals surface area contributed by atoms with Crippen LogP contribution >= 0.6 is 0 Å². The Labute approximate surface area is 92.7 Å². The van der Waals surface area contributed by atoms with Gasteiger partial charge in [-0.1, -0.05) is 0 Å². The van der Waals surface area contributed by atoms with Crippen molar-refractivity contribution < 1.29 is 9.47 Å². The molecular formula is C12H23NO2. The number of hydrogen-bond donors (Lipinski definition) is 0. The van der Waals surface area contributed by atoms with Crippen molar-refractivity contribution in [2.45, 2.75) is 32.2 Å². The molecule has 0 aromatic heterocycles. The van der Waals surface area contributed by atoms with Gasteiger partial charge in [0.1, 0.15) is 0 Å². The van der Waals surface area contributed by atoms with Gasteiger partial charge in [-0.2, -0.15) is 0 Å². The van der Waals surface area contributed by atoms with Gasteiger partial charge in [0.15, 0.2) is 0 Å². The Kier molecular flexibility index (Phi) is 3.65. The van der Waals surface area contributed by atoms with Crippen molar-refractivity contribution in [1.82, 2.24) is 4.90 Å². The molecule has 2 heterocycles. The Morgan fingerprint density at radius 2 is 1.87 bits per heavy atom. The lowest BCUT2D eigenvalue weighted by Gasteiger charge is -2.44. The summed E-state index contributed by atoms with van der Waals surface area (Å²) in [5.74, 6) is 0.830. The van der Waals surface area contributed by atoms with Crippen LogP contribution < -0.4 is 0 Å². The van der Waals surface area contributed by atoms with Crippen LogP contribution in [-0.2, 0) is 9.47 Å². The van der Waals surface area contributed by atoms with Gasteiger partial charge in [-0.3, -0.25) is 4.90 Å². The van der Waals surface area contributed by atoms with Gasteiger partial charge in [0.25, 0.3) is 0 Å². The molecule has 0 atom stereocenters. The van der Waals surface area contributed by atoms with E-state index in [1.165, 1.54) is 19.4 Å². The predicted molar refractivity (Wildman–Crippen MR) is 60.0 cm³/mol. The monoisotopic (exact) mass is 213 g/mol. The first-order valence-electron chi connectivity index (χ1n) is 6.09. The molecule has 3 heteroatoms. The zero-order chi connectivity index (χ0) is 10.7.